The Hall–Kier alpha value is -0.570. The quantitative estimate of drug-likeness (QED) is 0.761. The lowest BCUT2D eigenvalue weighted by atomic mass is 9.87. The SMILES string of the molecule is CCC(C)CN(CC)C(=O)CC(N)CC(C)(C)C. The molecule has 2 N–H and O–H groups in total. The van der Waals surface area contributed by atoms with Gasteiger partial charge in [0.15, 0.2) is 0 Å². The number of nitrogens with zero attached hydrogens (tertiary/aromatic N) is 1. The summed E-state index contributed by atoms with van der Waals surface area (Å²) in [6.07, 6.45) is 2.47. The molecule has 3 nitrogen and oxygen atoms in total. The van der Waals surface area contributed by atoms with Crippen molar-refractivity contribution in [1.82, 2.24) is 4.90 Å². The van der Waals surface area contributed by atoms with Crippen molar-refractivity contribution in [1.29, 1.82) is 0 Å². The highest BCUT2D eigenvalue weighted by Crippen LogP contribution is 2.21. The van der Waals surface area contributed by atoms with Gasteiger partial charge in [-0.25, -0.2) is 0 Å². The van der Waals surface area contributed by atoms with Crippen molar-refractivity contribution >= 4 is 5.91 Å². The number of rotatable bonds is 7. The van der Waals surface area contributed by atoms with Crippen molar-refractivity contribution in [2.45, 2.75) is 66.8 Å². The molecular formula is C15H32N2O. The molecule has 18 heavy (non-hydrogen) atoms. The first-order valence-corrected chi connectivity index (χ1v) is 7.23. The average Bonchev–Trinajstić information content (AvgIpc) is 2.22. The van der Waals surface area contributed by atoms with Crippen LogP contribution in [-0.4, -0.2) is 29.9 Å². The Bertz CT molecular complexity index is 245. The predicted molar refractivity (Wildman–Crippen MR) is 78.4 cm³/mol. The van der Waals surface area contributed by atoms with Crippen LogP contribution < -0.4 is 5.73 Å². The molecule has 0 aromatic carbocycles. The van der Waals surface area contributed by atoms with Gasteiger partial charge in [0.1, 0.15) is 0 Å². The van der Waals surface area contributed by atoms with E-state index in [0.717, 1.165) is 25.9 Å². The number of carbonyl (C=O) groups excluding carboxylic acids is 1. The fourth-order valence-electron chi connectivity index (χ4n) is 2.12. The molecule has 0 rings (SSSR count). The molecule has 0 radical (unpaired) electrons. The fourth-order valence-corrected chi connectivity index (χ4v) is 2.12. The van der Waals surface area contributed by atoms with Crippen LogP contribution >= 0.6 is 0 Å². The van der Waals surface area contributed by atoms with Gasteiger partial charge in [-0.2, -0.15) is 0 Å². The Morgan fingerprint density at radius 3 is 2.22 bits per heavy atom. The maximum atomic E-state index is 12.2. The Morgan fingerprint density at radius 1 is 1.28 bits per heavy atom. The van der Waals surface area contributed by atoms with E-state index in [9.17, 15) is 4.79 Å². The van der Waals surface area contributed by atoms with Crippen molar-refractivity contribution in [3.8, 4) is 0 Å². The van der Waals surface area contributed by atoms with Gasteiger partial charge in [0, 0.05) is 25.6 Å². The van der Waals surface area contributed by atoms with Crippen LogP contribution in [0.15, 0.2) is 0 Å². The second-order valence-corrected chi connectivity index (χ2v) is 6.67. The average molecular weight is 256 g/mol. The van der Waals surface area contributed by atoms with Crippen LogP contribution in [0, 0.1) is 11.3 Å². The molecule has 108 valence electrons. The zero-order chi connectivity index (χ0) is 14.3. The van der Waals surface area contributed by atoms with Crippen molar-refractivity contribution < 1.29 is 4.79 Å². The summed E-state index contributed by atoms with van der Waals surface area (Å²) in [7, 11) is 0. The molecule has 0 aliphatic carbocycles. The first kappa shape index (κ1) is 17.4. The summed E-state index contributed by atoms with van der Waals surface area (Å²) in [5.41, 5.74) is 6.26. The summed E-state index contributed by atoms with van der Waals surface area (Å²) in [5, 5.41) is 0. The van der Waals surface area contributed by atoms with E-state index in [1.54, 1.807) is 0 Å². The minimum Gasteiger partial charge on any atom is -0.343 e. The Balaban J connectivity index is 4.27. The van der Waals surface area contributed by atoms with Crippen LogP contribution in [0.5, 0.6) is 0 Å². The monoisotopic (exact) mass is 256 g/mol. The van der Waals surface area contributed by atoms with Crippen molar-refractivity contribution in [2.75, 3.05) is 13.1 Å². The normalized spacial score (nSPS) is 15.3. The molecule has 0 aliphatic rings. The number of hydrogen-bond acceptors (Lipinski definition) is 2. The molecule has 2 atom stereocenters. The molecule has 1 amide bonds. The van der Waals surface area contributed by atoms with Gasteiger partial charge in [0.05, 0.1) is 0 Å². The molecule has 0 aromatic heterocycles. The summed E-state index contributed by atoms with van der Waals surface area (Å²) in [6, 6.07) is -0.0246. The largest absolute Gasteiger partial charge is 0.343 e. The maximum Gasteiger partial charge on any atom is 0.224 e. The van der Waals surface area contributed by atoms with Gasteiger partial charge >= 0.3 is 0 Å². The number of carbonyl (C=O) groups is 1. The highest BCUT2D eigenvalue weighted by Gasteiger charge is 2.21. The van der Waals surface area contributed by atoms with Crippen molar-refractivity contribution in [3.63, 3.8) is 0 Å². The topological polar surface area (TPSA) is 46.3 Å². The fraction of sp³-hybridized carbons (Fsp3) is 0.933. The molecule has 0 saturated heterocycles. The van der Waals surface area contributed by atoms with Gasteiger partial charge in [0.25, 0.3) is 0 Å². The van der Waals surface area contributed by atoms with Gasteiger partial charge in [-0.15, -0.1) is 0 Å². The van der Waals surface area contributed by atoms with Crippen molar-refractivity contribution in [3.05, 3.63) is 0 Å². The zero-order valence-corrected chi connectivity index (χ0v) is 13.1. The first-order valence-electron chi connectivity index (χ1n) is 7.23. The minimum absolute atomic E-state index is 0.0246. The summed E-state index contributed by atoms with van der Waals surface area (Å²) >= 11 is 0. The van der Waals surface area contributed by atoms with Crippen LogP contribution in [-0.2, 0) is 4.79 Å². The molecule has 0 aliphatic heterocycles. The molecule has 0 bridgehead atoms. The summed E-state index contributed by atoms with van der Waals surface area (Å²) in [5.74, 6) is 0.766. The van der Waals surface area contributed by atoms with E-state index in [1.165, 1.54) is 0 Å². The van der Waals surface area contributed by atoms with E-state index in [2.05, 4.69) is 34.6 Å². The highest BCUT2D eigenvalue weighted by molar-refractivity contribution is 5.76. The molecule has 0 heterocycles. The third-order valence-electron chi connectivity index (χ3n) is 3.27. The van der Waals surface area contributed by atoms with E-state index in [-0.39, 0.29) is 17.4 Å². The summed E-state index contributed by atoms with van der Waals surface area (Å²) in [6.45, 7) is 14.5. The van der Waals surface area contributed by atoms with Crippen LogP contribution in [0.3, 0.4) is 0 Å². The standard InChI is InChI=1S/C15H32N2O/c1-7-12(3)11-17(8-2)14(18)9-13(16)10-15(4,5)6/h12-13H,7-11,16H2,1-6H3. The molecule has 2 unspecified atom stereocenters. The zero-order valence-electron chi connectivity index (χ0n) is 13.1. The summed E-state index contributed by atoms with van der Waals surface area (Å²) in [4.78, 5) is 14.1. The van der Waals surface area contributed by atoms with Crippen molar-refractivity contribution in [2.24, 2.45) is 17.1 Å². The molecule has 0 fully saturated rings. The van der Waals surface area contributed by atoms with Crippen LogP contribution in [0.25, 0.3) is 0 Å². The van der Waals surface area contributed by atoms with Crippen LogP contribution in [0.4, 0.5) is 0 Å². The molecule has 0 spiro atoms. The number of nitrogens with two attached hydrogens (primary N) is 1. The van der Waals surface area contributed by atoms with E-state index < -0.39 is 0 Å². The highest BCUT2D eigenvalue weighted by atomic mass is 16.2. The first-order chi connectivity index (χ1) is 8.19. The lowest BCUT2D eigenvalue weighted by Crippen LogP contribution is -2.39. The maximum absolute atomic E-state index is 12.2. The Kier molecular flexibility index (Phi) is 7.53. The number of amides is 1. The van der Waals surface area contributed by atoms with E-state index in [4.69, 9.17) is 5.73 Å². The minimum atomic E-state index is -0.0246. The second-order valence-electron chi connectivity index (χ2n) is 6.67. The third kappa shape index (κ3) is 7.70. The van der Waals surface area contributed by atoms with E-state index in [1.807, 2.05) is 11.8 Å². The second kappa shape index (κ2) is 7.78. The van der Waals surface area contributed by atoms with E-state index in [0.29, 0.717) is 12.3 Å². The summed E-state index contributed by atoms with van der Waals surface area (Å²) < 4.78 is 0. The number of hydrogen-bond donors (Lipinski definition) is 1. The van der Waals surface area contributed by atoms with Gasteiger partial charge in [0.2, 0.25) is 5.91 Å². The van der Waals surface area contributed by atoms with Gasteiger partial charge in [-0.1, -0.05) is 41.0 Å². The molecule has 3 heteroatoms. The Morgan fingerprint density at radius 2 is 1.83 bits per heavy atom. The lowest BCUT2D eigenvalue weighted by molar-refractivity contribution is -0.132. The molecule has 0 saturated carbocycles. The predicted octanol–water partition coefficient (Wildman–Crippen LogP) is 3.03. The lowest BCUT2D eigenvalue weighted by Gasteiger charge is -2.27. The van der Waals surface area contributed by atoms with Crippen LogP contribution in [0.1, 0.15) is 60.8 Å². The molecular weight excluding hydrogens is 224 g/mol. The van der Waals surface area contributed by atoms with Gasteiger partial charge in [-0.05, 0) is 24.7 Å². The molecule has 0 aromatic rings. The van der Waals surface area contributed by atoms with Gasteiger partial charge in [-0.3, -0.25) is 4.79 Å². The van der Waals surface area contributed by atoms with Crippen LogP contribution in [0.2, 0.25) is 0 Å². The third-order valence-corrected chi connectivity index (χ3v) is 3.27. The van der Waals surface area contributed by atoms with Gasteiger partial charge < -0.3 is 10.6 Å². The smallest absolute Gasteiger partial charge is 0.224 e. The Labute approximate surface area is 113 Å². The van der Waals surface area contributed by atoms with E-state index >= 15 is 0 Å².